The summed E-state index contributed by atoms with van der Waals surface area (Å²) in [4.78, 5) is 0. The van der Waals surface area contributed by atoms with Crippen LogP contribution in [0.4, 0.5) is 22.0 Å². The SMILES string of the molecule is Fc1cc(F)c2c(c1)C(C(F)(F)F)NCC2. The largest absolute Gasteiger partial charge is 0.407 e. The number of benzene rings is 1. The lowest BCUT2D eigenvalue weighted by Crippen LogP contribution is -2.39. The zero-order valence-corrected chi connectivity index (χ0v) is 8.04. The van der Waals surface area contributed by atoms with Crippen molar-refractivity contribution in [1.29, 1.82) is 0 Å². The highest BCUT2D eigenvalue weighted by atomic mass is 19.4. The summed E-state index contributed by atoms with van der Waals surface area (Å²) >= 11 is 0. The van der Waals surface area contributed by atoms with E-state index < -0.39 is 23.9 Å². The van der Waals surface area contributed by atoms with Gasteiger partial charge in [-0.1, -0.05) is 0 Å². The van der Waals surface area contributed by atoms with Crippen molar-refractivity contribution in [2.45, 2.75) is 18.6 Å². The molecule has 0 saturated heterocycles. The van der Waals surface area contributed by atoms with E-state index in [2.05, 4.69) is 5.32 Å². The van der Waals surface area contributed by atoms with Gasteiger partial charge in [-0.3, -0.25) is 0 Å². The molecule has 1 N–H and O–H groups in total. The maximum absolute atomic E-state index is 13.3. The molecular weight excluding hydrogens is 229 g/mol. The third kappa shape index (κ3) is 1.89. The van der Waals surface area contributed by atoms with Gasteiger partial charge >= 0.3 is 6.18 Å². The van der Waals surface area contributed by atoms with Gasteiger partial charge in [-0.05, 0) is 23.6 Å². The molecule has 1 heterocycles. The average molecular weight is 237 g/mol. The first-order valence-corrected chi connectivity index (χ1v) is 4.67. The molecule has 0 bridgehead atoms. The second-order valence-corrected chi connectivity index (χ2v) is 3.63. The van der Waals surface area contributed by atoms with Gasteiger partial charge in [0.05, 0.1) is 0 Å². The fourth-order valence-electron chi connectivity index (χ4n) is 1.89. The van der Waals surface area contributed by atoms with Crippen LogP contribution in [-0.2, 0) is 6.42 Å². The minimum Gasteiger partial charge on any atom is -0.302 e. The van der Waals surface area contributed by atoms with Crippen LogP contribution in [0.3, 0.4) is 0 Å². The van der Waals surface area contributed by atoms with Crippen molar-refractivity contribution in [2.24, 2.45) is 0 Å². The molecule has 1 unspecified atom stereocenters. The van der Waals surface area contributed by atoms with Crippen molar-refractivity contribution < 1.29 is 22.0 Å². The molecule has 1 atom stereocenters. The minimum atomic E-state index is -4.55. The molecule has 1 aromatic carbocycles. The lowest BCUT2D eigenvalue weighted by Gasteiger charge is -2.28. The summed E-state index contributed by atoms with van der Waals surface area (Å²) in [5.41, 5.74) is -0.404. The van der Waals surface area contributed by atoms with Crippen LogP contribution in [0.1, 0.15) is 17.2 Å². The third-order valence-electron chi connectivity index (χ3n) is 2.56. The zero-order valence-electron chi connectivity index (χ0n) is 8.04. The van der Waals surface area contributed by atoms with Gasteiger partial charge in [-0.2, -0.15) is 13.2 Å². The van der Waals surface area contributed by atoms with Crippen LogP contribution in [-0.4, -0.2) is 12.7 Å². The molecule has 1 nitrogen and oxygen atoms in total. The Morgan fingerprint density at radius 1 is 1.19 bits per heavy atom. The van der Waals surface area contributed by atoms with Crippen molar-refractivity contribution in [1.82, 2.24) is 5.32 Å². The first kappa shape index (κ1) is 11.3. The zero-order chi connectivity index (χ0) is 11.9. The Morgan fingerprint density at radius 2 is 1.88 bits per heavy atom. The van der Waals surface area contributed by atoms with Crippen LogP contribution in [0, 0.1) is 11.6 Å². The summed E-state index contributed by atoms with van der Waals surface area (Å²) in [6.07, 6.45) is -4.41. The first-order valence-electron chi connectivity index (χ1n) is 4.67. The molecule has 0 radical (unpaired) electrons. The van der Waals surface area contributed by atoms with Crippen molar-refractivity contribution in [2.75, 3.05) is 6.54 Å². The van der Waals surface area contributed by atoms with Crippen LogP contribution in [0.25, 0.3) is 0 Å². The molecule has 1 aromatic rings. The number of hydrogen-bond donors (Lipinski definition) is 1. The van der Waals surface area contributed by atoms with Gasteiger partial charge in [0, 0.05) is 12.6 Å². The quantitative estimate of drug-likeness (QED) is 0.684. The van der Waals surface area contributed by atoms with Gasteiger partial charge in [0.1, 0.15) is 17.7 Å². The van der Waals surface area contributed by atoms with Gasteiger partial charge in [0.15, 0.2) is 0 Å². The Morgan fingerprint density at radius 3 is 2.50 bits per heavy atom. The second kappa shape index (κ2) is 3.69. The van der Waals surface area contributed by atoms with E-state index in [1.54, 1.807) is 0 Å². The fraction of sp³-hybridized carbons (Fsp3) is 0.400. The van der Waals surface area contributed by atoms with Crippen LogP contribution in [0.15, 0.2) is 12.1 Å². The summed E-state index contributed by atoms with van der Waals surface area (Å²) in [7, 11) is 0. The Bertz CT molecular complexity index is 412. The Balaban J connectivity index is 2.54. The fourth-order valence-corrected chi connectivity index (χ4v) is 1.89. The standard InChI is InChI=1S/C10H8F5N/c11-5-3-7-6(8(12)4-5)1-2-16-9(7)10(13,14)15/h3-4,9,16H,1-2H2. The van der Waals surface area contributed by atoms with E-state index in [0.29, 0.717) is 6.07 Å². The van der Waals surface area contributed by atoms with E-state index in [9.17, 15) is 22.0 Å². The monoisotopic (exact) mass is 237 g/mol. The van der Waals surface area contributed by atoms with Gasteiger partial charge in [0.2, 0.25) is 0 Å². The second-order valence-electron chi connectivity index (χ2n) is 3.63. The van der Waals surface area contributed by atoms with E-state index in [0.717, 1.165) is 6.07 Å². The van der Waals surface area contributed by atoms with E-state index in [-0.39, 0.29) is 24.1 Å². The van der Waals surface area contributed by atoms with E-state index in [1.807, 2.05) is 0 Å². The molecule has 0 amide bonds. The predicted molar refractivity (Wildman–Crippen MR) is 46.9 cm³/mol. The molecule has 0 fully saturated rings. The number of hydrogen-bond acceptors (Lipinski definition) is 1. The highest BCUT2D eigenvalue weighted by Gasteiger charge is 2.43. The van der Waals surface area contributed by atoms with Crippen molar-refractivity contribution >= 4 is 0 Å². The van der Waals surface area contributed by atoms with Gasteiger partial charge < -0.3 is 5.32 Å². The van der Waals surface area contributed by atoms with Crippen molar-refractivity contribution in [3.05, 3.63) is 34.9 Å². The molecule has 1 aliphatic rings. The molecule has 0 aromatic heterocycles. The summed E-state index contributed by atoms with van der Waals surface area (Å²) in [5, 5.41) is 2.21. The van der Waals surface area contributed by atoms with Gasteiger partial charge in [-0.15, -0.1) is 0 Å². The Kier molecular flexibility index (Phi) is 2.61. The summed E-state index contributed by atoms with van der Waals surface area (Å²) in [6.45, 7) is 0.0275. The van der Waals surface area contributed by atoms with Crippen LogP contribution < -0.4 is 5.32 Å². The van der Waals surface area contributed by atoms with E-state index in [4.69, 9.17) is 0 Å². The van der Waals surface area contributed by atoms with Gasteiger partial charge in [-0.25, -0.2) is 8.78 Å². The highest BCUT2D eigenvalue weighted by Crippen LogP contribution is 2.37. The van der Waals surface area contributed by atoms with Crippen LogP contribution in [0.5, 0.6) is 0 Å². The lowest BCUT2D eigenvalue weighted by molar-refractivity contribution is -0.159. The normalized spacial score (nSPS) is 20.7. The molecule has 2 rings (SSSR count). The summed E-state index contributed by atoms with van der Waals surface area (Å²) < 4.78 is 63.9. The smallest absolute Gasteiger partial charge is 0.302 e. The van der Waals surface area contributed by atoms with Gasteiger partial charge in [0.25, 0.3) is 0 Å². The molecular formula is C10H8F5N. The van der Waals surface area contributed by atoms with E-state index >= 15 is 0 Å². The average Bonchev–Trinajstić information content (AvgIpc) is 2.15. The molecule has 16 heavy (non-hydrogen) atoms. The van der Waals surface area contributed by atoms with Crippen LogP contribution in [0.2, 0.25) is 0 Å². The molecule has 1 aliphatic heterocycles. The summed E-state index contributed by atoms with van der Waals surface area (Å²) in [5.74, 6) is -1.90. The first-order chi connectivity index (χ1) is 7.39. The molecule has 88 valence electrons. The van der Waals surface area contributed by atoms with Crippen LogP contribution >= 0.6 is 0 Å². The predicted octanol–water partition coefficient (Wildman–Crippen LogP) is 2.71. The number of fused-ring (bicyclic) bond motifs is 1. The van der Waals surface area contributed by atoms with Crippen molar-refractivity contribution in [3.8, 4) is 0 Å². The van der Waals surface area contributed by atoms with E-state index in [1.165, 1.54) is 0 Å². The minimum absolute atomic E-state index is 0.0275. The number of rotatable bonds is 0. The Labute approximate surface area is 88.3 Å². The number of halogens is 5. The molecule has 0 saturated carbocycles. The molecule has 0 spiro atoms. The van der Waals surface area contributed by atoms with Crippen molar-refractivity contribution in [3.63, 3.8) is 0 Å². The maximum Gasteiger partial charge on any atom is 0.407 e. The number of nitrogens with one attached hydrogen (secondary N) is 1. The third-order valence-corrected chi connectivity index (χ3v) is 2.56. The summed E-state index contributed by atoms with van der Waals surface area (Å²) in [6, 6.07) is -0.637. The highest BCUT2D eigenvalue weighted by molar-refractivity contribution is 5.35. The topological polar surface area (TPSA) is 12.0 Å². The molecule has 0 aliphatic carbocycles. The lowest BCUT2D eigenvalue weighted by atomic mass is 9.93. The molecule has 6 heteroatoms. The number of alkyl halides is 3. The maximum atomic E-state index is 13.3. The Hall–Kier alpha value is -1.17.